The Labute approximate surface area is 81.9 Å². The van der Waals surface area contributed by atoms with Crippen LogP contribution in [0.3, 0.4) is 0 Å². The molecule has 0 aromatic heterocycles. The van der Waals surface area contributed by atoms with Gasteiger partial charge in [0.25, 0.3) is 5.91 Å². The van der Waals surface area contributed by atoms with Gasteiger partial charge in [0.1, 0.15) is 0 Å². The lowest BCUT2D eigenvalue weighted by molar-refractivity contribution is 0.0956. The first-order chi connectivity index (χ1) is 6.24. The molecular weight excluding hydrogens is 188 g/mol. The van der Waals surface area contributed by atoms with E-state index in [0.717, 1.165) is 0 Å². The van der Waals surface area contributed by atoms with Gasteiger partial charge in [0.05, 0.1) is 0 Å². The molecule has 3 N–H and O–H groups in total. The number of alkyl halides is 1. The molecule has 0 unspecified atom stereocenters. The van der Waals surface area contributed by atoms with Crippen molar-refractivity contribution in [2.75, 3.05) is 18.2 Å². The van der Waals surface area contributed by atoms with Crippen LogP contribution < -0.4 is 11.1 Å². The summed E-state index contributed by atoms with van der Waals surface area (Å²) in [4.78, 5) is 11.3. The lowest BCUT2D eigenvalue weighted by atomic mass is 10.2. The average molecular weight is 199 g/mol. The van der Waals surface area contributed by atoms with Gasteiger partial charge >= 0.3 is 0 Å². The van der Waals surface area contributed by atoms with Crippen LogP contribution in [0.2, 0.25) is 0 Å². The van der Waals surface area contributed by atoms with Gasteiger partial charge in [0.15, 0.2) is 0 Å². The molecule has 0 saturated carbocycles. The second-order valence-corrected chi connectivity index (χ2v) is 2.94. The molecule has 0 aliphatic heterocycles. The van der Waals surface area contributed by atoms with E-state index in [4.69, 9.17) is 17.3 Å². The van der Waals surface area contributed by atoms with Crippen LogP contribution in [0.15, 0.2) is 24.3 Å². The Morgan fingerprint density at radius 3 is 2.54 bits per heavy atom. The maximum Gasteiger partial charge on any atom is 0.251 e. The largest absolute Gasteiger partial charge is 0.399 e. The van der Waals surface area contributed by atoms with Crippen molar-refractivity contribution in [1.29, 1.82) is 0 Å². The first-order valence-electron chi connectivity index (χ1n) is 3.93. The smallest absolute Gasteiger partial charge is 0.251 e. The standard InChI is InChI=1S/C9H11ClN2O/c10-5-6-12-9(13)7-1-3-8(11)4-2-7/h1-4H,5-6,11H2,(H,12,13). The van der Waals surface area contributed by atoms with Gasteiger partial charge in [-0.3, -0.25) is 4.79 Å². The minimum Gasteiger partial charge on any atom is -0.399 e. The van der Waals surface area contributed by atoms with Crippen molar-refractivity contribution >= 4 is 23.2 Å². The number of amides is 1. The zero-order valence-corrected chi connectivity index (χ0v) is 7.84. The van der Waals surface area contributed by atoms with Crippen LogP contribution in [0.4, 0.5) is 5.69 Å². The SMILES string of the molecule is Nc1ccc(C(=O)NCCCl)cc1. The van der Waals surface area contributed by atoms with Crippen LogP contribution in [0.5, 0.6) is 0 Å². The number of benzene rings is 1. The highest BCUT2D eigenvalue weighted by Gasteiger charge is 2.02. The highest BCUT2D eigenvalue weighted by atomic mass is 35.5. The van der Waals surface area contributed by atoms with E-state index in [1.165, 1.54) is 0 Å². The number of nitrogen functional groups attached to an aromatic ring is 1. The van der Waals surface area contributed by atoms with Crippen LogP contribution in [-0.4, -0.2) is 18.3 Å². The van der Waals surface area contributed by atoms with Crippen molar-refractivity contribution in [2.24, 2.45) is 0 Å². The third-order valence-electron chi connectivity index (χ3n) is 1.55. The second-order valence-electron chi connectivity index (χ2n) is 2.57. The van der Waals surface area contributed by atoms with Gasteiger partial charge in [-0.25, -0.2) is 0 Å². The molecule has 1 aromatic rings. The fraction of sp³-hybridized carbons (Fsp3) is 0.222. The van der Waals surface area contributed by atoms with Crippen LogP contribution in [-0.2, 0) is 0 Å². The van der Waals surface area contributed by atoms with Gasteiger partial charge in [0, 0.05) is 23.7 Å². The van der Waals surface area contributed by atoms with Crippen LogP contribution in [0.25, 0.3) is 0 Å². The van der Waals surface area contributed by atoms with Gasteiger partial charge in [-0.05, 0) is 24.3 Å². The predicted molar refractivity (Wildman–Crippen MR) is 53.9 cm³/mol. The fourth-order valence-electron chi connectivity index (χ4n) is 0.897. The van der Waals surface area contributed by atoms with E-state index in [0.29, 0.717) is 23.7 Å². The number of carbonyl (C=O) groups is 1. The Bertz CT molecular complexity index is 284. The quantitative estimate of drug-likeness (QED) is 0.567. The molecular formula is C9H11ClN2O. The summed E-state index contributed by atoms with van der Waals surface area (Å²) >= 11 is 5.42. The van der Waals surface area contributed by atoms with Gasteiger partial charge in [0.2, 0.25) is 0 Å². The average Bonchev–Trinajstić information content (AvgIpc) is 2.15. The van der Waals surface area contributed by atoms with Crippen LogP contribution >= 0.6 is 11.6 Å². The number of halogens is 1. The maximum absolute atomic E-state index is 11.3. The van der Waals surface area contributed by atoms with Crippen molar-refractivity contribution in [1.82, 2.24) is 5.32 Å². The van der Waals surface area contributed by atoms with E-state index >= 15 is 0 Å². The van der Waals surface area contributed by atoms with Crippen LogP contribution in [0, 0.1) is 0 Å². The van der Waals surface area contributed by atoms with Crippen molar-refractivity contribution in [3.05, 3.63) is 29.8 Å². The Morgan fingerprint density at radius 1 is 1.38 bits per heavy atom. The summed E-state index contributed by atoms with van der Waals surface area (Å²) in [5.74, 6) is 0.293. The topological polar surface area (TPSA) is 55.1 Å². The molecule has 0 fully saturated rings. The molecule has 0 aliphatic rings. The van der Waals surface area contributed by atoms with E-state index in [1.54, 1.807) is 24.3 Å². The lowest BCUT2D eigenvalue weighted by Gasteiger charge is -2.02. The van der Waals surface area contributed by atoms with Crippen molar-refractivity contribution in [3.8, 4) is 0 Å². The van der Waals surface area contributed by atoms with Gasteiger partial charge in [-0.2, -0.15) is 0 Å². The Balaban J connectivity index is 2.61. The molecule has 4 heteroatoms. The number of nitrogens with one attached hydrogen (secondary N) is 1. The Morgan fingerprint density at radius 2 is 2.00 bits per heavy atom. The number of hydrogen-bond acceptors (Lipinski definition) is 2. The molecule has 70 valence electrons. The monoisotopic (exact) mass is 198 g/mol. The Kier molecular flexibility index (Phi) is 3.58. The van der Waals surface area contributed by atoms with Crippen molar-refractivity contribution < 1.29 is 4.79 Å². The molecule has 1 rings (SSSR count). The van der Waals surface area contributed by atoms with E-state index < -0.39 is 0 Å². The molecule has 1 amide bonds. The summed E-state index contributed by atoms with van der Waals surface area (Å²) in [5.41, 5.74) is 6.72. The summed E-state index contributed by atoms with van der Waals surface area (Å²) < 4.78 is 0. The predicted octanol–water partition coefficient (Wildman–Crippen LogP) is 1.24. The fourth-order valence-corrected chi connectivity index (χ4v) is 0.992. The lowest BCUT2D eigenvalue weighted by Crippen LogP contribution is -2.25. The van der Waals surface area contributed by atoms with Gasteiger partial charge < -0.3 is 11.1 Å². The van der Waals surface area contributed by atoms with E-state index in [2.05, 4.69) is 5.32 Å². The summed E-state index contributed by atoms with van der Waals surface area (Å²) in [6, 6.07) is 6.74. The first-order valence-corrected chi connectivity index (χ1v) is 4.47. The summed E-state index contributed by atoms with van der Waals surface area (Å²) in [5, 5.41) is 2.66. The summed E-state index contributed by atoms with van der Waals surface area (Å²) in [6.45, 7) is 0.477. The third kappa shape index (κ3) is 2.95. The Hall–Kier alpha value is -1.22. The van der Waals surface area contributed by atoms with E-state index in [9.17, 15) is 4.79 Å². The molecule has 0 radical (unpaired) electrons. The molecule has 0 saturated heterocycles. The number of hydrogen-bond donors (Lipinski definition) is 2. The minimum absolute atomic E-state index is 0.124. The van der Waals surface area contributed by atoms with Crippen molar-refractivity contribution in [2.45, 2.75) is 0 Å². The molecule has 0 aliphatic carbocycles. The van der Waals surface area contributed by atoms with Crippen LogP contribution in [0.1, 0.15) is 10.4 Å². The van der Waals surface area contributed by atoms with E-state index in [-0.39, 0.29) is 5.91 Å². The number of rotatable bonds is 3. The maximum atomic E-state index is 11.3. The van der Waals surface area contributed by atoms with Gasteiger partial charge in [-0.15, -0.1) is 11.6 Å². The summed E-state index contributed by atoms with van der Waals surface area (Å²) in [6.07, 6.45) is 0. The molecule has 0 bridgehead atoms. The minimum atomic E-state index is -0.124. The van der Waals surface area contributed by atoms with Gasteiger partial charge in [-0.1, -0.05) is 0 Å². The number of nitrogens with two attached hydrogens (primary N) is 1. The zero-order valence-electron chi connectivity index (χ0n) is 7.09. The molecule has 0 atom stereocenters. The first kappa shape index (κ1) is 9.86. The second kappa shape index (κ2) is 4.72. The molecule has 3 nitrogen and oxygen atoms in total. The van der Waals surface area contributed by atoms with E-state index in [1.807, 2.05) is 0 Å². The third-order valence-corrected chi connectivity index (χ3v) is 1.74. The normalized spacial score (nSPS) is 9.62. The molecule has 0 spiro atoms. The summed E-state index contributed by atoms with van der Waals surface area (Å²) in [7, 11) is 0. The molecule has 1 aromatic carbocycles. The van der Waals surface area contributed by atoms with Crippen molar-refractivity contribution in [3.63, 3.8) is 0 Å². The highest BCUT2D eigenvalue weighted by Crippen LogP contribution is 2.04. The number of anilines is 1. The highest BCUT2D eigenvalue weighted by molar-refractivity contribution is 6.18. The zero-order chi connectivity index (χ0) is 9.68. The number of carbonyl (C=O) groups excluding carboxylic acids is 1. The molecule has 0 heterocycles. The molecule has 13 heavy (non-hydrogen) atoms.